The minimum atomic E-state index is -0.601. The summed E-state index contributed by atoms with van der Waals surface area (Å²) in [5.74, 6) is 1.51. The van der Waals surface area contributed by atoms with Gasteiger partial charge >= 0.3 is 0 Å². The molecule has 0 unspecified atom stereocenters. The van der Waals surface area contributed by atoms with E-state index < -0.39 is 15.6 Å². The Morgan fingerprint density at radius 1 is 1.19 bits per heavy atom. The van der Waals surface area contributed by atoms with Crippen LogP contribution in [0.3, 0.4) is 0 Å². The molecule has 43 heavy (non-hydrogen) atoms. The van der Waals surface area contributed by atoms with Crippen molar-refractivity contribution in [3.05, 3.63) is 55.0 Å². The number of anilines is 1. The molecule has 1 aliphatic heterocycles. The van der Waals surface area contributed by atoms with Crippen LogP contribution in [0.15, 0.2) is 49.3 Å². The van der Waals surface area contributed by atoms with Crippen LogP contribution in [0.2, 0.25) is 0 Å². The first-order valence-corrected chi connectivity index (χ1v) is 17.7. The molecular formula is C31H39N9O2S. The van der Waals surface area contributed by atoms with Crippen LogP contribution in [-0.2, 0) is 17.0 Å². The van der Waals surface area contributed by atoms with E-state index in [4.69, 9.17) is 9.84 Å². The number of ether oxygens (including phenoxy) is 1. The fraction of sp³-hybridized carbons (Fsp3) is 0.484. The number of amides is 1. The lowest BCUT2D eigenvalue weighted by atomic mass is 9.86. The molecule has 1 N–H and O–H groups in total. The highest BCUT2D eigenvalue weighted by Gasteiger charge is 2.46. The van der Waals surface area contributed by atoms with Crippen LogP contribution >= 0.6 is 10.0 Å². The highest BCUT2D eigenvalue weighted by atomic mass is 32.3. The molecule has 0 aromatic carbocycles. The molecule has 1 amide bonds. The normalized spacial score (nSPS) is 17.3. The standard InChI is InChI=1S/C31H39N9O2S/c1-22(23-5-6-23)37-30(41)27-8-7-25(16-33-27)39-18-31(19-39,10-11-32)40-17-24(15-36-40)28-26-9-12-38(29(26)35-20-34-28)21-42-13-14-43(2,3)4/h7-9,12,15-17,20,22-23H,5-6,10,13-14,18-19,21H2,1-4H3,(H,37,41)/t22-/m0/s1. The van der Waals surface area contributed by atoms with E-state index in [1.54, 1.807) is 24.8 Å². The number of hydrogen-bond donors (Lipinski definition) is 1. The summed E-state index contributed by atoms with van der Waals surface area (Å²) in [7, 11) is -0.601. The Kier molecular flexibility index (Phi) is 7.87. The molecule has 11 nitrogen and oxygen atoms in total. The van der Waals surface area contributed by atoms with Crippen molar-refractivity contribution in [2.45, 2.75) is 44.5 Å². The maximum absolute atomic E-state index is 12.6. The van der Waals surface area contributed by atoms with Crippen LogP contribution in [0.1, 0.15) is 36.7 Å². The number of pyridine rings is 1. The number of nitrogens with one attached hydrogen (secondary N) is 1. The van der Waals surface area contributed by atoms with Crippen molar-refractivity contribution in [2.75, 3.05) is 49.1 Å². The van der Waals surface area contributed by atoms with Crippen molar-refractivity contribution in [3.63, 3.8) is 0 Å². The lowest BCUT2D eigenvalue weighted by Crippen LogP contribution is -2.63. The highest BCUT2D eigenvalue weighted by molar-refractivity contribution is 8.32. The Balaban J connectivity index is 1.14. The molecule has 0 radical (unpaired) electrons. The fourth-order valence-electron chi connectivity index (χ4n) is 5.55. The third-order valence-electron chi connectivity index (χ3n) is 8.38. The van der Waals surface area contributed by atoms with Crippen LogP contribution in [0.25, 0.3) is 22.3 Å². The number of carbonyl (C=O) groups excluding carboxylic acids is 1. The lowest BCUT2D eigenvalue weighted by molar-refractivity contribution is 0.0922. The molecular weight excluding hydrogens is 562 g/mol. The largest absolute Gasteiger partial charge is 0.365 e. The minimum Gasteiger partial charge on any atom is -0.365 e. The Morgan fingerprint density at radius 2 is 2.00 bits per heavy atom. The molecule has 6 rings (SSSR count). The number of rotatable bonds is 12. The van der Waals surface area contributed by atoms with Gasteiger partial charge in [-0.05, 0) is 62.6 Å². The number of hydrogen-bond acceptors (Lipinski definition) is 8. The van der Waals surface area contributed by atoms with Crippen LogP contribution < -0.4 is 10.2 Å². The molecule has 2 aliphatic rings. The minimum absolute atomic E-state index is 0.138. The third-order valence-corrected chi connectivity index (χ3v) is 9.77. The number of carbonyl (C=O) groups is 1. The van der Waals surface area contributed by atoms with E-state index in [1.807, 2.05) is 33.8 Å². The summed E-state index contributed by atoms with van der Waals surface area (Å²) >= 11 is 0. The molecule has 4 aromatic rings. The average molecular weight is 602 g/mol. The van der Waals surface area contributed by atoms with Gasteiger partial charge in [0.05, 0.1) is 42.9 Å². The zero-order valence-corrected chi connectivity index (χ0v) is 26.0. The zero-order valence-electron chi connectivity index (χ0n) is 25.2. The molecule has 0 bridgehead atoms. The second-order valence-corrected chi connectivity index (χ2v) is 17.3. The van der Waals surface area contributed by atoms with Gasteiger partial charge in [0.1, 0.15) is 29.9 Å². The van der Waals surface area contributed by atoms with E-state index >= 15 is 0 Å². The monoisotopic (exact) mass is 601 g/mol. The van der Waals surface area contributed by atoms with Gasteiger partial charge in [0.15, 0.2) is 0 Å². The summed E-state index contributed by atoms with van der Waals surface area (Å²) in [6.07, 6.45) is 18.6. The molecule has 0 spiro atoms. The molecule has 1 atom stereocenters. The van der Waals surface area contributed by atoms with Gasteiger partial charge in [-0.25, -0.2) is 25.0 Å². The van der Waals surface area contributed by atoms with Crippen molar-refractivity contribution in [2.24, 2.45) is 5.92 Å². The summed E-state index contributed by atoms with van der Waals surface area (Å²) in [6, 6.07) is 8.23. The molecule has 1 saturated carbocycles. The predicted molar refractivity (Wildman–Crippen MR) is 169 cm³/mol. The number of aromatic nitrogens is 6. The lowest BCUT2D eigenvalue weighted by Gasteiger charge is -2.50. The molecule has 2 fully saturated rings. The maximum atomic E-state index is 12.6. The van der Waals surface area contributed by atoms with Crippen LogP contribution in [0.4, 0.5) is 5.69 Å². The Labute approximate surface area is 253 Å². The van der Waals surface area contributed by atoms with Gasteiger partial charge in [0.2, 0.25) is 0 Å². The molecule has 12 heteroatoms. The molecule has 1 saturated heterocycles. The average Bonchev–Trinajstić information content (AvgIpc) is 3.56. The van der Waals surface area contributed by atoms with Crippen LogP contribution in [0, 0.1) is 17.2 Å². The van der Waals surface area contributed by atoms with Gasteiger partial charge in [0.25, 0.3) is 5.91 Å². The number of nitriles is 1. The summed E-state index contributed by atoms with van der Waals surface area (Å²) in [5, 5.41) is 18.4. The van der Waals surface area contributed by atoms with Crippen molar-refractivity contribution >= 4 is 32.7 Å². The van der Waals surface area contributed by atoms with E-state index in [0.29, 0.717) is 37.9 Å². The Morgan fingerprint density at radius 3 is 2.70 bits per heavy atom. The molecule has 226 valence electrons. The van der Waals surface area contributed by atoms with Gasteiger partial charge < -0.3 is 19.5 Å². The first kappa shape index (κ1) is 29.1. The number of nitrogens with zero attached hydrogens (tertiary/aromatic N) is 8. The summed E-state index contributed by atoms with van der Waals surface area (Å²) in [6.45, 7) is 4.43. The van der Waals surface area contributed by atoms with Crippen molar-refractivity contribution in [1.82, 2.24) is 34.6 Å². The molecule has 1 aliphatic carbocycles. The summed E-state index contributed by atoms with van der Waals surface area (Å²) < 4.78 is 9.85. The Hall–Kier alpha value is -3.95. The molecule has 5 heterocycles. The summed E-state index contributed by atoms with van der Waals surface area (Å²) in [5.41, 5.74) is 3.34. The Bertz CT molecular complexity index is 1640. The fourth-order valence-corrected chi connectivity index (χ4v) is 6.17. The maximum Gasteiger partial charge on any atom is 0.270 e. The second kappa shape index (κ2) is 11.6. The SMILES string of the molecule is C[C@H](NC(=O)c1ccc(N2CC(CC#N)(n3cc(-c4ncnc5c4ccn5COCCS(C)(C)C)cn3)C2)cn1)C1CC1. The zero-order chi connectivity index (χ0) is 30.2. The predicted octanol–water partition coefficient (Wildman–Crippen LogP) is 4.02. The topological polar surface area (TPSA) is 127 Å². The van der Waals surface area contributed by atoms with Crippen LogP contribution in [0.5, 0.6) is 0 Å². The van der Waals surface area contributed by atoms with Gasteiger partial charge in [-0.1, -0.05) is 0 Å². The van der Waals surface area contributed by atoms with E-state index in [2.05, 4.69) is 56.9 Å². The van der Waals surface area contributed by atoms with Crippen molar-refractivity contribution in [1.29, 1.82) is 5.26 Å². The van der Waals surface area contributed by atoms with E-state index in [-0.39, 0.29) is 11.9 Å². The quantitative estimate of drug-likeness (QED) is 0.241. The first-order valence-electron chi connectivity index (χ1n) is 14.6. The summed E-state index contributed by atoms with van der Waals surface area (Å²) in [4.78, 5) is 28.3. The van der Waals surface area contributed by atoms with E-state index in [1.165, 1.54) is 12.8 Å². The van der Waals surface area contributed by atoms with Gasteiger partial charge in [0, 0.05) is 48.2 Å². The van der Waals surface area contributed by atoms with Gasteiger partial charge in [-0.15, -0.1) is 0 Å². The van der Waals surface area contributed by atoms with Crippen LogP contribution in [-0.4, -0.2) is 85.5 Å². The van der Waals surface area contributed by atoms with E-state index in [0.717, 1.165) is 40.3 Å². The van der Waals surface area contributed by atoms with Gasteiger partial charge in [-0.3, -0.25) is 9.48 Å². The first-order chi connectivity index (χ1) is 20.7. The number of fused-ring (bicyclic) bond motifs is 1. The smallest absolute Gasteiger partial charge is 0.270 e. The van der Waals surface area contributed by atoms with Crippen molar-refractivity contribution in [3.8, 4) is 17.3 Å². The molecule has 4 aromatic heterocycles. The van der Waals surface area contributed by atoms with E-state index in [9.17, 15) is 10.1 Å². The third kappa shape index (κ3) is 6.24. The highest BCUT2D eigenvalue weighted by Crippen LogP contribution is 2.37. The van der Waals surface area contributed by atoms with Crippen molar-refractivity contribution < 1.29 is 9.53 Å². The second-order valence-electron chi connectivity index (χ2n) is 12.7. The van der Waals surface area contributed by atoms with Gasteiger partial charge in [-0.2, -0.15) is 10.4 Å².